The second-order valence-electron chi connectivity index (χ2n) is 3.60. The van der Waals surface area contributed by atoms with Gasteiger partial charge >= 0.3 is 5.97 Å². The van der Waals surface area contributed by atoms with E-state index in [-0.39, 0.29) is 10.7 Å². The van der Waals surface area contributed by atoms with E-state index in [1.165, 1.54) is 0 Å². The Labute approximate surface area is 102 Å². The van der Waals surface area contributed by atoms with E-state index in [0.29, 0.717) is 23.1 Å². The molecule has 2 rings (SSSR count). The van der Waals surface area contributed by atoms with Crippen molar-refractivity contribution in [2.75, 3.05) is 0 Å². The number of aryl methyl sites for hydroxylation is 1. The Hall–Kier alpha value is -1.68. The molecule has 0 aliphatic carbocycles. The summed E-state index contributed by atoms with van der Waals surface area (Å²) in [5.74, 6) is -1.34. The van der Waals surface area contributed by atoms with Crippen LogP contribution >= 0.6 is 11.3 Å². The lowest BCUT2D eigenvalue weighted by Crippen LogP contribution is -1.97. The third-order valence-corrected chi connectivity index (χ3v) is 3.51. The highest BCUT2D eigenvalue weighted by Gasteiger charge is 2.17. The lowest BCUT2D eigenvalue weighted by molar-refractivity contribution is 0.0703. The largest absolute Gasteiger partial charge is 0.477 e. The summed E-state index contributed by atoms with van der Waals surface area (Å²) in [6.07, 6.45) is 0.589. The molecular formula is C13H11FO2S. The molecular weight excluding hydrogens is 239 g/mol. The molecule has 2 aromatic rings. The first kappa shape index (κ1) is 11.8. The number of carboxylic acid groups (broad SMARTS) is 1. The number of hydrogen-bond donors (Lipinski definition) is 1. The maximum Gasteiger partial charge on any atom is 0.346 e. The molecule has 0 bridgehead atoms. The van der Waals surface area contributed by atoms with Gasteiger partial charge in [0.15, 0.2) is 0 Å². The van der Waals surface area contributed by atoms with Crippen molar-refractivity contribution in [3.63, 3.8) is 0 Å². The van der Waals surface area contributed by atoms with E-state index in [9.17, 15) is 9.18 Å². The average molecular weight is 250 g/mol. The van der Waals surface area contributed by atoms with Crippen LogP contribution in [-0.2, 0) is 6.42 Å². The van der Waals surface area contributed by atoms with Crippen molar-refractivity contribution in [2.24, 2.45) is 0 Å². The Kier molecular flexibility index (Phi) is 3.24. The fraction of sp³-hybridized carbons (Fsp3) is 0.154. The number of rotatable bonds is 3. The summed E-state index contributed by atoms with van der Waals surface area (Å²) in [6, 6.07) is 6.72. The monoisotopic (exact) mass is 250 g/mol. The standard InChI is InChI=1S/C13H11FO2S/c1-2-8-4-3-5-9(11(8)14)10-6-7-17-12(10)13(15)16/h3-7H,2H2,1H3,(H,15,16). The van der Waals surface area contributed by atoms with Gasteiger partial charge in [0.2, 0.25) is 0 Å². The van der Waals surface area contributed by atoms with Crippen LogP contribution in [0.3, 0.4) is 0 Å². The minimum absolute atomic E-state index is 0.178. The Bertz CT molecular complexity index is 560. The van der Waals surface area contributed by atoms with Crippen molar-refractivity contribution in [1.29, 1.82) is 0 Å². The van der Waals surface area contributed by atoms with Crippen LogP contribution in [0.5, 0.6) is 0 Å². The van der Waals surface area contributed by atoms with Gasteiger partial charge in [0.25, 0.3) is 0 Å². The van der Waals surface area contributed by atoms with Crippen LogP contribution in [0.2, 0.25) is 0 Å². The highest BCUT2D eigenvalue weighted by atomic mass is 32.1. The van der Waals surface area contributed by atoms with E-state index in [1.54, 1.807) is 29.6 Å². The van der Waals surface area contributed by atoms with Crippen molar-refractivity contribution >= 4 is 17.3 Å². The van der Waals surface area contributed by atoms with Gasteiger partial charge < -0.3 is 5.11 Å². The number of thiophene rings is 1. The van der Waals surface area contributed by atoms with E-state index < -0.39 is 5.97 Å². The first-order valence-electron chi connectivity index (χ1n) is 5.23. The molecule has 4 heteroatoms. The van der Waals surface area contributed by atoms with Gasteiger partial charge in [0.05, 0.1) is 0 Å². The second-order valence-corrected chi connectivity index (χ2v) is 4.52. The lowest BCUT2D eigenvalue weighted by atomic mass is 10.0. The fourth-order valence-electron chi connectivity index (χ4n) is 1.75. The van der Waals surface area contributed by atoms with E-state index >= 15 is 0 Å². The van der Waals surface area contributed by atoms with Gasteiger partial charge in [-0.1, -0.05) is 25.1 Å². The number of aromatic carboxylic acids is 1. The van der Waals surface area contributed by atoms with Crippen LogP contribution in [0.15, 0.2) is 29.6 Å². The van der Waals surface area contributed by atoms with Crippen molar-refractivity contribution < 1.29 is 14.3 Å². The number of carbonyl (C=O) groups is 1. The number of halogens is 1. The van der Waals surface area contributed by atoms with Crippen LogP contribution in [0, 0.1) is 5.82 Å². The Morgan fingerprint density at radius 3 is 2.76 bits per heavy atom. The second kappa shape index (κ2) is 4.67. The molecule has 0 saturated carbocycles. The Balaban J connectivity index is 2.61. The summed E-state index contributed by atoms with van der Waals surface area (Å²) in [7, 11) is 0. The van der Waals surface area contributed by atoms with Gasteiger partial charge in [0.1, 0.15) is 10.7 Å². The molecule has 88 valence electrons. The average Bonchev–Trinajstić information content (AvgIpc) is 2.78. The van der Waals surface area contributed by atoms with Gasteiger partial charge in [0, 0.05) is 11.1 Å². The predicted molar refractivity (Wildman–Crippen MR) is 66.1 cm³/mol. The maximum atomic E-state index is 14.1. The fourth-order valence-corrected chi connectivity index (χ4v) is 2.49. The van der Waals surface area contributed by atoms with Gasteiger partial charge in [-0.3, -0.25) is 0 Å². The van der Waals surface area contributed by atoms with Crippen LogP contribution in [0.25, 0.3) is 11.1 Å². The normalized spacial score (nSPS) is 10.5. The third kappa shape index (κ3) is 2.08. The Morgan fingerprint density at radius 1 is 1.35 bits per heavy atom. The quantitative estimate of drug-likeness (QED) is 0.899. The Morgan fingerprint density at radius 2 is 2.12 bits per heavy atom. The first-order valence-corrected chi connectivity index (χ1v) is 6.11. The van der Waals surface area contributed by atoms with Crippen LogP contribution in [0.4, 0.5) is 4.39 Å². The molecule has 1 aromatic heterocycles. The molecule has 0 unspecified atom stereocenters. The maximum absolute atomic E-state index is 14.1. The van der Waals surface area contributed by atoms with Crippen molar-refractivity contribution in [3.05, 3.63) is 45.9 Å². The molecule has 0 atom stereocenters. The topological polar surface area (TPSA) is 37.3 Å². The summed E-state index contributed by atoms with van der Waals surface area (Å²) in [5, 5.41) is 10.7. The predicted octanol–water partition coefficient (Wildman–Crippen LogP) is 3.81. The van der Waals surface area contributed by atoms with Crippen molar-refractivity contribution in [3.8, 4) is 11.1 Å². The van der Waals surface area contributed by atoms with Crippen molar-refractivity contribution in [1.82, 2.24) is 0 Å². The molecule has 0 amide bonds. The molecule has 1 aromatic carbocycles. The molecule has 1 N–H and O–H groups in total. The van der Waals surface area contributed by atoms with Crippen LogP contribution in [0.1, 0.15) is 22.2 Å². The first-order chi connectivity index (χ1) is 8.15. The zero-order chi connectivity index (χ0) is 12.4. The van der Waals surface area contributed by atoms with Gasteiger partial charge in [-0.25, -0.2) is 9.18 Å². The van der Waals surface area contributed by atoms with Crippen LogP contribution < -0.4 is 0 Å². The summed E-state index contributed by atoms with van der Waals surface area (Å²) >= 11 is 1.11. The summed E-state index contributed by atoms with van der Waals surface area (Å²) in [6.45, 7) is 1.87. The summed E-state index contributed by atoms with van der Waals surface area (Å²) < 4.78 is 14.1. The summed E-state index contributed by atoms with van der Waals surface area (Å²) in [4.78, 5) is 11.2. The summed E-state index contributed by atoms with van der Waals surface area (Å²) in [5.41, 5.74) is 1.42. The smallest absolute Gasteiger partial charge is 0.346 e. The van der Waals surface area contributed by atoms with Gasteiger partial charge in [-0.2, -0.15) is 0 Å². The molecule has 0 aliphatic rings. The molecule has 0 aliphatic heterocycles. The molecule has 0 spiro atoms. The van der Waals surface area contributed by atoms with E-state index in [4.69, 9.17) is 5.11 Å². The molecule has 2 nitrogen and oxygen atoms in total. The zero-order valence-electron chi connectivity index (χ0n) is 9.24. The zero-order valence-corrected chi connectivity index (χ0v) is 10.1. The third-order valence-electron chi connectivity index (χ3n) is 2.61. The van der Waals surface area contributed by atoms with E-state index in [0.717, 1.165) is 11.3 Å². The highest BCUT2D eigenvalue weighted by Crippen LogP contribution is 2.31. The SMILES string of the molecule is CCc1cccc(-c2ccsc2C(=O)O)c1F. The molecule has 1 heterocycles. The van der Waals surface area contributed by atoms with Crippen LogP contribution in [-0.4, -0.2) is 11.1 Å². The van der Waals surface area contributed by atoms with E-state index in [1.807, 2.05) is 6.92 Å². The number of hydrogen-bond acceptors (Lipinski definition) is 2. The molecule has 0 radical (unpaired) electrons. The van der Waals surface area contributed by atoms with Gasteiger partial charge in [-0.15, -0.1) is 11.3 Å². The minimum Gasteiger partial charge on any atom is -0.477 e. The van der Waals surface area contributed by atoms with Crippen molar-refractivity contribution in [2.45, 2.75) is 13.3 Å². The van der Waals surface area contributed by atoms with E-state index in [2.05, 4.69) is 0 Å². The molecule has 0 saturated heterocycles. The molecule has 0 fully saturated rings. The number of benzene rings is 1. The lowest BCUT2D eigenvalue weighted by Gasteiger charge is -2.06. The minimum atomic E-state index is -1.02. The number of carboxylic acids is 1. The van der Waals surface area contributed by atoms with Gasteiger partial charge in [-0.05, 0) is 23.4 Å². The molecule has 17 heavy (non-hydrogen) atoms. The highest BCUT2D eigenvalue weighted by molar-refractivity contribution is 7.12.